The van der Waals surface area contributed by atoms with Crippen molar-refractivity contribution in [3.05, 3.63) is 109 Å². The Morgan fingerprint density at radius 3 is 1.64 bits per heavy atom. The van der Waals surface area contributed by atoms with Gasteiger partial charge in [0.15, 0.2) is 0 Å². The van der Waals surface area contributed by atoms with Crippen LogP contribution in [0.1, 0.15) is 0 Å². The van der Waals surface area contributed by atoms with Gasteiger partial charge in [-0.1, -0.05) is 103 Å². The van der Waals surface area contributed by atoms with Crippen LogP contribution in [0.3, 0.4) is 0 Å². The smallest absolute Gasteiger partial charge is 0.0207 e. The molecular formula is C24H18S. The lowest BCUT2D eigenvalue weighted by Gasteiger charge is -2.15. The summed E-state index contributed by atoms with van der Waals surface area (Å²) in [6, 6.07) is 38.4. The Bertz CT molecular complexity index is 945. The summed E-state index contributed by atoms with van der Waals surface area (Å²) < 4.78 is 0. The van der Waals surface area contributed by atoms with Crippen molar-refractivity contribution >= 4 is 11.8 Å². The summed E-state index contributed by atoms with van der Waals surface area (Å²) in [5.74, 6) is 0. The van der Waals surface area contributed by atoms with Crippen molar-refractivity contribution < 1.29 is 0 Å². The molecule has 4 aromatic rings. The number of hydrogen-bond acceptors (Lipinski definition) is 1. The predicted molar refractivity (Wildman–Crippen MR) is 108 cm³/mol. The van der Waals surface area contributed by atoms with Gasteiger partial charge in [0.05, 0.1) is 0 Å². The van der Waals surface area contributed by atoms with E-state index in [9.17, 15) is 0 Å². The molecule has 1 heteroatoms. The highest BCUT2D eigenvalue weighted by atomic mass is 32.2. The Balaban J connectivity index is 1.89. The van der Waals surface area contributed by atoms with Crippen molar-refractivity contribution in [3.63, 3.8) is 0 Å². The summed E-state index contributed by atoms with van der Waals surface area (Å²) in [5, 5.41) is 0. The van der Waals surface area contributed by atoms with Crippen LogP contribution in [-0.4, -0.2) is 0 Å². The average Bonchev–Trinajstić information content (AvgIpc) is 2.70. The van der Waals surface area contributed by atoms with Crippen LogP contribution in [0.5, 0.6) is 0 Å². The Morgan fingerprint density at radius 2 is 1.00 bits per heavy atom. The molecule has 120 valence electrons. The summed E-state index contributed by atoms with van der Waals surface area (Å²) in [7, 11) is 0. The van der Waals surface area contributed by atoms with E-state index in [4.69, 9.17) is 0 Å². The van der Waals surface area contributed by atoms with Crippen molar-refractivity contribution in [2.75, 3.05) is 0 Å². The minimum atomic E-state index is 1.25. The first-order valence-corrected chi connectivity index (χ1v) is 9.20. The molecule has 0 fully saturated rings. The molecule has 0 unspecified atom stereocenters. The topological polar surface area (TPSA) is 0 Å². The fourth-order valence-corrected chi connectivity index (χ4v) is 4.02. The lowest BCUT2D eigenvalue weighted by molar-refractivity contribution is 1.40. The molecule has 0 saturated heterocycles. The van der Waals surface area contributed by atoms with Gasteiger partial charge in [0.1, 0.15) is 0 Å². The van der Waals surface area contributed by atoms with E-state index in [0.717, 1.165) is 0 Å². The van der Waals surface area contributed by atoms with Gasteiger partial charge in [0.2, 0.25) is 0 Å². The molecule has 4 aromatic carbocycles. The maximum absolute atomic E-state index is 2.22. The zero-order valence-electron chi connectivity index (χ0n) is 13.8. The van der Waals surface area contributed by atoms with Crippen molar-refractivity contribution in [2.24, 2.45) is 0 Å². The highest BCUT2D eigenvalue weighted by molar-refractivity contribution is 7.99. The Hall–Kier alpha value is -2.77. The zero-order chi connectivity index (χ0) is 16.9. The van der Waals surface area contributed by atoms with E-state index >= 15 is 0 Å². The van der Waals surface area contributed by atoms with Gasteiger partial charge < -0.3 is 0 Å². The fourth-order valence-electron chi connectivity index (χ4n) is 2.99. The van der Waals surface area contributed by atoms with Gasteiger partial charge in [0.25, 0.3) is 0 Å². The van der Waals surface area contributed by atoms with Gasteiger partial charge in [-0.25, -0.2) is 0 Å². The van der Waals surface area contributed by atoms with Gasteiger partial charge in [-0.05, 0) is 34.9 Å². The van der Waals surface area contributed by atoms with E-state index in [1.165, 1.54) is 32.0 Å². The van der Waals surface area contributed by atoms with Gasteiger partial charge in [-0.2, -0.15) is 0 Å². The second-order valence-corrected chi connectivity index (χ2v) is 6.94. The van der Waals surface area contributed by atoms with Crippen LogP contribution in [0, 0.1) is 0 Å². The molecule has 0 amide bonds. The van der Waals surface area contributed by atoms with E-state index < -0.39 is 0 Å². The maximum atomic E-state index is 2.22. The molecule has 0 saturated carbocycles. The van der Waals surface area contributed by atoms with Crippen LogP contribution < -0.4 is 0 Å². The van der Waals surface area contributed by atoms with Crippen molar-refractivity contribution in [1.29, 1.82) is 0 Å². The second kappa shape index (κ2) is 7.42. The van der Waals surface area contributed by atoms with Crippen molar-refractivity contribution in [3.8, 4) is 22.3 Å². The maximum Gasteiger partial charge on any atom is 0.0207 e. The molecule has 0 aliphatic carbocycles. The average molecular weight is 338 g/mol. The van der Waals surface area contributed by atoms with E-state index in [-0.39, 0.29) is 0 Å². The SMILES string of the molecule is c1ccc(Sc2cccc(-c3ccccc3)c2-c2ccccc2)cc1. The van der Waals surface area contributed by atoms with Crippen LogP contribution in [0.25, 0.3) is 22.3 Å². The predicted octanol–water partition coefficient (Wildman–Crippen LogP) is 7.17. The Kier molecular flexibility index (Phi) is 4.67. The molecule has 25 heavy (non-hydrogen) atoms. The molecule has 0 nitrogen and oxygen atoms in total. The van der Waals surface area contributed by atoms with Gasteiger partial charge in [-0.15, -0.1) is 0 Å². The normalized spacial score (nSPS) is 10.6. The second-order valence-electron chi connectivity index (χ2n) is 5.83. The molecule has 0 heterocycles. The molecule has 0 N–H and O–H groups in total. The lowest BCUT2D eigenvalue weighted by Crippen LogP contribution is -1.88. The fraction of sp³-hybridized carbons (Fsp3) is 0. The summed E-state index contributed by atoms with van der Waals surface area (Å²) in [6.07, 6.45) is 0. The lowest BCUT2D eigenvalue weighted by atomic mass is 9.94. The third-order valence-corrected chi connectivity index (χ3v) is 5.21. The molecule has 0 radical (unpaired) electrons. The van der Waals surface area contributed by atoms with E-state index in [0.29, 0.717) is 0 Å². The monoisotopic (exact) mass is 338 g/mol. The molecule has 0 aliphatic heterocycles. The minimum absolute atomic E-state index is 1.25. The van der Waals surface area contributed by atoms with Gasteiger partial charge >= 0.3 is 0 Å². The minimum Gasteiger partial charge on any atom is -0.0894 e. The molecule has 0 bridgehead atoms. The molecule has 0 spiro atoms. The summed E-state index contributed by atoms with van der Waals surface area (Å²) >= 11 is 1.82. The van der Waals surface area contributed by atoms with Crippen LogP contribution in [0.4, 0.5) is 0 Å². The first kappa shape index (κ1) is 15.7. The summed E-state index contributed by atoms with van der Waals surface area (Å²) in [6.45, 7) is 0. The van der Waals surface area contributed by atoms with Crippen LogP contribution >= 0.6 is 11.8 Å². The number of benzene rings is 4. The third kappa shape index (κ3) is 3.52. The van der Waals surface area contributed by atoms with E-state index in [2.05, 4.69) is 109 Å². The van der Waals surface area contributed by atoms with Crippen molar-refractivity contribution in [2.45, 2.75) is 9.79 Å². The molecule has 0 atom stereocenters. The molecular weight excluding hydrogens is 320 g/mol. The van der Waals surface area contributed by atoms with E-state index in [1.54, 1.807) is 0 Å². The number of hydrogen-bond donors (Lipinski definition) is 0. The van der Waals surface area contributed by atoms with Crippen molar-refractivity contribution in [1.82, 2.24) is 0 Å². The highest BCUT2D eigenvalue weighted by Crippen LogP contribution is 2.41. The largest absolute Gasteiger partial charge is 0.0894 e. The van der Waals surface area contributed by atoms with Crippen LogP contribution in [0.15, 0.2) is 119 Å². The zero-order valence-corrected chi connectivity index (χ0v) is 14.6. The first-order chi connectivity index (χ1) is 12.4. The first-order valence-electron chi connectivity index (χ1n) is 8.38. The quantitative estimate of drug-likeness (QED) is 0.380. The van der Waals surface area contributed by atoms with Gasteiger partial charge in [-0.3, -0.25) is 0 Å². The summed E-state index contributed by atoms with van der Waals surface area (Å²) in [4.78, 5) is 2.53. The Labute approximate surface area is 153 Å². The van der Waals surface area contributed by atoms with E-state index in [1.807, 2.05) is 11.8 Å². The summed E-state index contributed by atoms with van der Waals surface area (Å²) in [5.41, 5.74) is 5.06. The van der Waals surface area contributed by atoms with Crippen LogP contribution in [0.2, 0.25) is 0 Å². The molecule has 4 rings (SSSR count). The van der Waals surface area contributed by atoms with Crippen LogP contribution in [-0.2, 0) is 0 Å². The highest BCUT2D eigenvalue weighted by Gasteiger charge is 2.13. The standard InChI is InChI=1S/C24H18S/c1-4-11-19(12-5-1)22-17-10-18-23(25-21-15-8-3-9-16-21)24(22)20-13-6-2-7-14-20/h1-18H. The molecule has 0 aromatic heterocycles. The third-order valence-electron chi connectivity index (χ3n) is 4.14. The Morgan fingerprint density at radius 1 is 0.440 bits per heavy atom. The number of rotatable bonds is 4. The van der Waals surface area contributed by atoms with Gasteiger partial charge in [0, 0.05) is 15.4 Å². The molecule has 0 aliphatic rings.